The van der Waals surface area contributed by atoms with E-state index in [2.05, 4.69) is 0 Å². The molecule has 1 atom stereocenters. The molecule has 0 radical (unpaired) electrons. The number of methoxy groups -OCH3 is 1. The molecule has 1 saturated heterocycles. The van der Waals surface area contributed by atoms with E-state index >= 15 is 0 Å². The van der Waals surface area contributed by atoms with E-state index in [4.69, 9.17) is 25.1 Å². The number of benzene rings is 1. The Morgan fingerprint density at radius 1 is 1.52 bits per heavy atom. The summed E-state index contributed by atoms with van der Waals surface area (Å²) < 4.78 is 16.0. The van der Waals surface area contributed by atoms with E-state index in [1.807, 2.05) is 17.0 Å². The summed E-state index contributed by atoms with van der Waals surface area (Å²) in [5.41, 5.74) is 5.71. The first-order valence-corrected chi connectivity index (χ1v) is 6.73. The van der Waals surface area contributed by atoms with Gasteiger partial charge in [0.25, 0.3) is 0 Å². The highest BCUT2D eigenvalue weighted by Gasteiger charge is 2.41. The van der Waals surface area contributed by atoms with Crippen molar-refractivity contribution in [1.82, 2.24) is 4.90 Å². The van der Waals surface area contributed by atoms with Crippen molar-refractivity contribution in [2.24, 2.45) is 5.73 Å². The van der Waals surface area contributed by atoms with Gasteiger partial charge in [-0.05, 0) is 24.1 Å². The average Bonchev–Trinajstić information content (AvgIpc) is 3.05. The molecule has 0 unspecified atom stereocenters. The number of aliphatic carboxylic acids is 1. The molecule has 21 heavy (non-hydrogen) atoms. The topological polar surface area (TPSA) is 94.3 Å². The highest BCUT2D eigenvalue weighted by atomic mass is 16.7. The molecule has 114 valence electrons. The molecule has 7 nitrogen and oxygen atoms in total. The predicted molar refractivity (Wildman–Crippen MR) is 73.6 cm³/mol. The van der Waals surface area contributed by atoms with Gasteiger partial charge in [-0.15, -0.1) is 0 Å². The number of fused-ring (bicyclic) bond motifs is 1. The molecule has 7 heteroatoms. The zero-order chi connectivity index (χ0) is 15.0. The lowest BCUT2D eigenvalue weighted by Crippen LogP contribution is -2.50. The molecule has 3 rings (SSSR count). The van der Waals surface area contributed by atoms with Crippen LogP contribution in [0.25, 0.3) is 0 Å². The van der Waals surface area contributed by atoms with Gasteiger partial charge in [-0.2, -0.15) is 0 Å². The summed E-state index contributed by atoms with van der Waals surface area (Å²) in [4.78, 5) is 13.2. The van der Waals surface area contributed by atoms with Gasteiger partial charge in [-0.1, -0.05) is 0 Å². The van der Waals surface area contributed by atoms with E-state index in [1.54, 1.807) is 7.11 Å². The lowest BCUT2D eigenvalue weighted by Gasteiger charge is -2.20. The van der Waals surface area contributed by atoms with Crippen LogP contribution in [0.2, 0.25) is 0 Å². The lowest BCUT2D eigenvalue weighted by molar-refractivity contribution is -0.142. The first-order valence-electron chi connectivity index (χ1n) is 6.73. The van der Waals surface area contributed by atoms with E-state index in [9.17, 15) is 4.79 Å². The molecule has 1 fully saturated rings. The number of nitrogens with zero attached hydrogens (tertiary/aromatic N) is 1. The molecule has 0 aromatic heterocycles. The Hall–Kier alpha value is -1.99. The normalized spacial score (nSPS) is 24.3. The van der Waals surface area contributed by atoms with Crippen LogP contribution in [0.15, 0.2) is 12.1 Å². The smallest absolute Gasteiger partial charge is 0.325 e. The van der Waals surface area contributed by atoms with Gasteiger partial charge in [0.15, 0.2) is 11.5 Å². The van der Waals surface area contributed by atoms with Crippen LogP contribution < -0.4 is 19.9 Å². The molecule has 0 spiro atoms. The number of hydrogen-bond acceptors (Lipinski definition) is 6. The molecule has 2 heterocycles. The Morgan fingerprint density at radius 2 is 2.33 bits per heavy atom. The van der Waals surface area contributed by atoms with Crippen LogP contribution in [0, 0.1) is 0 Å². The minimum atomic E-state index is -1.15. The first kappa shape index (κ1) is 14.0. The summed E-state index contributed by atoms with van der Waals surface area (Å²) in [7, 11) is 1.58. The summed E-state index contributed by atoms with van der Waals surface area (Å²) in [5.74, 6) is 0.937. The van der Waals surface area contributed by atoms with Crippen molar-refractivity contribution in [2.45, 2.75) is 18.5 Å². The van der Waals surface area contributed by atoms with Crippen molar-refractivity contribution in [1.29, 1.82) is 0 Å². The second-order valence-electron chi connectivity index (χ2n) is 5.45. The molecule has 1 aromatic carbocycles. The summed E-state index contributed by atoms with van der Waals surface area (Å²) in [6.07, 6.45) is 0.448. The van der Waals surface area contributed by atoms with E-state index in [-0.39, 0.29) is 6.79 Å². The fraction of sp³-hybridized carbons (Fsp3) is 0.500. The minimum absolute atomic E-state index is 0.184. The zero-order valence-electron chi connectivity index (χ0n) is 11.8. The third-order valence-electron chi connectivity index (χ3n) is 3.93. The van der Waals surface area contributed by atoms with Crippen molar-refractivity contribution in [3.8, 4) is 17.2 Å². The van der Waals surface area contributed by atoms with Gasteiger partial charge in [0.1, 0.15) is 5.54 Å². The number of rotatable bonds is 4. The van der Waals surface area contributed by atoms with Gasteiger partial charge in [0, 0.05) is 19.6 Å². The Kier molecular flexibility index (Phi) is 3.38. The fourth-order valence-corrected chi connectivity index (χ4v) is 2.76. The number of carbonyl (C=O) groups is 1. The van der Waals surface area contributed by atoms with E-state index in [0.29, 0.717) is 43.3 Å². The van der Waals surface area contributed by atoms with Crippen LogP contribution in [-0.2, 0) is 11.3 Å². The van der Waals surface area contributed by atoms with E-state index < -0.39 is 11.5 Å². The number of carboxylic acids is 1. The van der Waals surface area contributed by atoms with Crippen molar-refractivity contribution >= 4 is 5.97 Å². The van der Waals surface area contributed by atoms with Gasteiger partial charge in [0.05, 0.1) is 7.11 Å². The van der Waals surface area contributed by atoms with Crippen LogP contribution >= 0.6 is 0 Å². The molecule has 0 aliphatic carbocycles. The van der Waals surface area contributed by atoms with Gasteiger partial charge in [0.2, 0.25) is 12.5 Å². The molecular formula is C14H18N2O5. The molecule has 0 saturated carbocycles. The maximum Gasteiger partial charge on any atom is 0.325 e. The van der Waals surface area contributed by atoms with Crippen LogP contribution in [0.3, 0.4) is 0 Å². The third-order valence-corrected chi connectivity index (χ3v) is 3.93. The zero-order valence-corrected chi connectivity index (χ0v) is 11.8. The average molecular weight is 294 g/mol. The predicted octanol–water partition coefficient (Wildman–Crippen LogP) is 0.412. The van der Waals surface area contributed by atoms with Gasteiger partial charge >= 0.3 is 5.97 Å². The van der Waals surface area contributed by atoms with Gasteiger partial charge in [-0.25, -0.2) is 0 Å². The summed E-state index contributed by atoms with van der Waals surface area (Å²) in [6, 6.07) is 3.77. The third kappa shape index (κ3) is 2.50. The molecular weight excluding hydrogens is 276 g/mol. The van der Waals surface area contributed by atoms with Crippen molar-refractivity contribution < 1.29 is 24.1 Å². The number of hydrogen-bond donors (Lipinski definition) is 2. The first-order chi connectivity index (χ1) is 10.0. The minimum Gasteiger partial charge on any atom is -0.493 e. The lowest BCUT2D eigenvalue weighted by atomic mass is 10.0. The Balaban J connectivity index is 1.76. The van der Waals surface area contributed by atoms with Crippen LogP contribution in [0.1, 0.15) is 12.0 Å². The summed E-state index contributed by atoms with van der Waals surface area (Å²) in [6.45, 7) is 1.77. The second-order valence-corrected chi connectivity index (χ2v) is 5.45. The molecule has 3 N–H and O–H groups in total. The van der Waals surface area contributed by atoms with Crippen LogP contribution in [0.4, 0.5) is 0 Å². The molecule has 0 amide bonds. The highest BCUT2D eigenvalue weighted by Crippen LogP contribution is 2.42. The summed E-state index contributed by atoms with van der Waals surface area (Å²) in [5, 5.41) is 9.16. The second kappa shape index (κ2) is 5.09. The number of likely N-dealkylation sites (tertiary alicyclic amines) is 1. The maximum atomic E-state index is 11.2. The van der Waals surface area contributed by atoms with E-state index in [1.165, 1.54) is 0 Å². The fourth-order valence-electron chi connectivity index (χ4n) is 2.76. The highest BCUT2D eigenvalue weighted by molar-refractivity contribution is 5.79. The van der Waals surface area contributed by atoms with Crippen LogP contribution in [-0.4, -0.2) is 48.5 Å². The number of nitrogens with two attached hydrogens (primary N) is 1. The van der Waals surface area contributed by atoms with Crippen molar-refractivity contribution in [3.63, 3.8) is 0 Å². The molecule has 1 aromatic rings. The Labute approximate surface area is 122 Å². The molecule has 0 bridgehead atoms. The van der Waals surface area contributed by atoms with Gasteiger partial charge in [-0.3, -0.25) is 9.69 Å². The van der Waals surface area contributed by atoms with Crippen LogP contribution in [0.5, 0.6) is 17.2 Å². The van der Waals surface area contributed by atoms with E-state index in [0.717, 1.165) is 5.56 Å². The number of ether oxygens (including phenoxy) is 3. The monoisotopic (exact) mass is 294 g/mol. The van der Waals surface area contributed by atoms with Crippen molar-refractivity contribution in [2.75, 3.05) is 27.0 Å². The maximum absolute atomic E-state index is 11.2. The van der Waals surface area contributed by atoms with Crippen molar-refractivity contribution in [3.05, 3.63) is 17.7 Å². The van der Waals surface area contributed by atoms with Gasteiger partial charge < -0.3 is 25.1 Å². The largest absolute Gasteiger partial charge is 0.493 e. The molecule has 2 aliphatic rings. The Morgan fingerprint density at radius 3 is 3.00 bits per heavy atom. The SMILES string of the molecule is COc1cc(CN2CC[C@@](N)(C(=O)O)C2)cc2c1OCO2. The molecule has 2 aliphatic heterocycles. The standard InChI is InChI=1S/C14H18N2O5/c1-19-10-4-9(5-11-12(10)21-8-20-11)6-16-3-2-14(15,7-16)13(17)18/h4-5H,2-3,6-8,15H2,1H3,(H,17,18)/t14-/m0/s1. The Bertz CT molecular complexity index is 577. The number of carboxylic acid groups (broad SMARTS) is 1. The summed E-state index contributed by atoms with van der Waals surface area (Å²) >= 11 is 0. The quantitative estimate of drug-likeness (QED) is 0.830.